The van der Waals surface area contributed by atoms with Crippen LogP contribution in [0, 0.1) is 19.8 Å². The fourth-order valence-corrected chi connectivity index (χ4v) is 2.77. The summed E-state index contributed by atoms with van der Waals surface area (Å²) in [5.41, 5.74) is 7.16. The fourth-order valence-electron chi connectivity index (χ4n) is 2.77. The van der Waals surface area contributed by atoms with Gasteiger partial charge >= 0.3 is 0 Å². The Morgan fingerprint density at radius 3 is 2.62 bits per heavy atom. The predicted octanol–water partition coefficient (Wildman–Crippen LogP) is 2.31. The van der Waals surface area contributed by atoms with Gasteiger partial charge < -0.3 is 10.5 Å². The molecule has 0 aliphatic heterocycles. The molecule has 0 aromatic heterocycles. The van der Waals surface area contributed by atoms with Crippen molar-refractivity contribution >= 4 is 5.91 Å². The van der Waals surface area contributed by atoms with E-state index in [4.69, 9.17) is 10.5 Å². The van der Waals surface area contributed by atoms with E-state index < -0.39 is 5.54 Å². The Hall–Kier alpha value is -1.55. The van der Waals surface area contributed by atoms with E-state index in [9.17, 15) is 4.79 Å². The second-order valence-corrected chi connectivity index (χ2v) is 6.47. The van der Waals surface area contributed by atoms with Crippen LogP contribution >= 0.6 is 0 Å². The van der Waals surface area contributed by atoms with Crippen molar-refractivity contribution in [3.8, 4) is 5.75 Å². The number of rotatable bonds is 7. The molecule has 1 aromatic rings. The normalized spacial score (nSPS) is 17.6. The number of hydrogen-bond donors (Lipinski definition) is 2. The maximum absolute atomic E-state index is 12.1. The monoisotopic (exact) mass is 290 g/mol. The van der Waals surface area contributed by atoms with Gasteiger partial charge in [0.1, 0.15) is 17.9 Å². The molecule has 1 aliphatic carbocycles. The van der Waals surface area contributed by atoms with Crippen molar-refractivity contribution < 1.29 is 9.53 Å². The molecule has 21 heavy (non-hydrogen) atoms. The number of benzene rings is 1. The molecule has 0 bridgehead atoms. The van der Waals surface area contributed by atoms with Crippen molar-refractivity contribution in [2.75, 3.05) is 6.61 Å². The topological polar surface area (TPSA) is 64.3 Å². The van der Waals surface area contributed by atoms with E-state index in [0.29, 0.717) is 0 Å². The summed E-state index contributed by atoms with van der Waals surface area (Å²) in [6.45, 7) is 8.38. The van der Waals surface area contributed by atoms with Gasteiger partial charge in [-0.15, -0.1) is 0 Å². The number of hydrogen-bond acceptors (Lipinski definition) is 3. The quantitative estimate of drug-likeness (QED) is 0.810. The molecule has 0 radical (unpaired) electrons. The third-order valence-electron chi connectivity index (χ3n) is 4.06. The Labute approximate surface area is 127 Å². The molecular weight excluding hydrogens is 264 g/mol. The summed E-state index contributed by atoms with van der Waals surface area (Å²) in [6, 6.07) is 6.27. The van der Waals surface area contributed by atoms with Gasteiger partial charge in [0.25, 0.3) is 0 Å². The Morgan fingerprint density at radius 1 is 1.43 bits per heavy atom. The highest BCUT2D eigenvalue weighted by atomic mass is 16.5. The zero-order valence-electron chi connectivity index (χ0n) is 13.4. The number of carbonyl (C=O) groups is 1. The van der Waals surface area contributed by atoms with E-state index in [2.05, 4.69) is 11.4 Å². The number of aryl methyl sites for hydroxylation is 2. The first-order valence-corrected chi connectivity index (χ1v) is 7.63. The SMILES string of the molecule is Cc1ccc(C)c(OCC(NC(C)C)(C(N)=O)C2CC2)c1. The lowest BCUT2D eigenvalue weighted by molar-refractivity contribution is -0.127. The second kappa shape index (κ2) is 6.06. The molecule has 2 rings (SSSR count). The van der Waals surface area contributed by atoms with Gasteiger partial charge in [0.2, 0.25) is 5.91 Å². The summed E-state index contributed by atoms with van der Waals surface area (Å²) < 4.78 is 5.98. The number of nitrogens with one attached hydrogen (secondary N) is 1. The predicted molar refractivity (Wildman–Crippen MR) is 84.3 cm³/mol. The average molecular weight is 290 g/mol. The standard InChI is InChI=1S/C17H26N2O2/c1-11(2)19-17(16(18)20,14-7-8-14)10-21-15-9-12(3)5-6-13(15)4/h5-6,9,11,14,19H,7-8,10H2,1-4H3,(H2,18,20). The number of carbonyl (C=O) groups excluding carboxylic acids is 1. The van der Waals surface area contributed by atoms with Crippen LogP contribution in [0.2, 0.25) is 0 Å². The van der Waals surface area contributed by atoms with Gasteiger partial charge in [0.15, 0.2) is 0 Å². The molecule has 4 nitrogen and oxygen atoms in total. The number of nitrogens with two attached hydrogens (primary N) is 1. The third kappa shape index (κ3) is 3.56. The molecule has 1 fully saturated rings. The Kier molecular flexibility index (Phi) is 4.57. The molecule has 0 heterocycles. The molecule has 4 heteroatoms. The zero-order chi connectivity index (χ0) is 15.6. The van der Waals surface area contributed by atoms with Gasteiger partial charge in [-0.2, -0.15) is 0 Å². The van der Waals surface area contributed by atoms with Crippen molar-refractivity contribution in [1.82, 2.24) is 5.32 Å². The lowest BCUT2D eigenvalue weighted by atomic mass is 9.92. The van der Waals surface area contributed by atoms with Crippen LogP contribution in [0.5, 0.6) is 5.75 Å². The largest absolute Gasteiger partial charge is 0.491 e. The summed E-state index contributed by atoms with van der Waals surface area (Å²) in [6.07, 6.45) is 2.05. The minimum atomic E-state index is -0.760. The van der Waals surface area contributed by atoms with Gasteiger partial charge in [-0.25, -0.2) is 0 Å². The van der Waals surface area contributed by atoms with Crippen LogP contribution < -0.4 is 15.8 Å². The Morgan fingerprint density at radius 2 is 2.10 bits per heavy atom. The molecule has 1 aliphatic rings. The molecule has 1 amide bonds. The van der Waals surface area contributed by atoms with Crippen LogP contribution in [0.1, 0.15) is 37.8 Å². The van der Waals surface area contributed by atoms with Crippen molar-refractivity contribution in [2.45, 2.75) is 52.1 Å². The van der Waals surface area contributed by atoms with Crippen LogP contribution in [-0.4, -0.2) is 24.1 Å². The molecule has 1 unspecified atom stereocenters. The molecule has 116 valence electrons. The van der Waals surface area contributed by atoms with E-state index >= 15 is 0 Å². The molecule has 0 spiro atoms. The first-order chi connectivity index (χ1) is 9.85. The van der Waals surface area contributed by atoms with Crippen molar-refractivity contribution in [2.24, 2.45) is 11.7 Å². The van der Waals surface area contributed by atoms with Crippen molar-refractivity contribution in [1.29, 1.82) is 0 Å². The highest BCUT2D eigenvalue weighted by Gasteiger charge is 2.50. The van der Waals surface area contributed by atoms with Crippen LogP contribution in [0.4, 0.5) is 0 Å². The minimum absolute atomic E-state index is 0.181. The third-order valence-corrected chi connectivity index (χ3v) is 4.06. The first-order valence-electron chi connectivity index (χ1n) is 7.63. The summed E-state index contributed by atoms with van der Waals surface area (Å²) >= 11 is 0. The van der Waals surface area contributed by atoms with Crippen LogP contribution in [0.3, 0.4) is 0 Å². The van der Waals surface area contributed by atoms with Gasteiger partial charge in [-0.1, -0.05) is 12.1 Å². The molecule has 1 saturated carbocycles. The summed E-state index contributed by atoms with van der Waals surface area (Å²) in [5, 5.41) is 3.36. The highest BCUT2D eigenvalue weighted by Crippen LogP contribution is 2.40. The first kappa shape index (κ1) is 15.8. The number of primary amides is 1. The van der Waals surface area contributed by atoms with E-state index in [1.807, 2.05) is 39.8 Å². The Bertz CT molecular complexity index is 524. The minimum Gasteiger partial charge on any atom is -0.491 e. The molecule has 3 N–H and O–H groups in total. The van der Waals surface area contributed by atoms with E-state index in [0.717, 1.165) is 29.7 Å². The second-order valence-electron chi connectivity index (χ2n) is 6.47. The average Bonchev–Trinajstić information content (AvgIpc) is 3.22. The maximum atomic E-state index is 12.1. The lowest BCUT2D eigenvalue weighted by Crippen LogP contribution is -2.62. The highest BCUT2D eigenvalue weighted by molar-refractivity contribution is 5.86. The molecule has 1 atom stereocenters. The van der Waals surface area contributed by atoms with Crippen LogP contribution in [-0.2, 0) is 4.79 Å². The van der Waals surface area contributed by atoms with Gasteiger partial charge in [0, 0.05) is 6.04 Å². The Balaban J connectivity index is 2.19. The molecule has 0 saturated heterocycles. The van der Waals surface area contributed by atoms with Gasteiger partial charge in [0.05, 0.1) is 0 Å². The van der Waals surface area contributed by atoms with Gasteiger partial charge in [-0.3, -0.25) is 10.1 Å². The maximum Gasteiger partial charge on any atom is 0.241 e. The zero-order valence-corrected chi connectivity index (χ0v) is 13.4. The summed E-state index contributed by atoms with van der Waals surface area (Å²) in [7, 11) is 0. The fraction of sp³-hybridized carbons (Fsp3) is 0.588. The smallest absolute Gasteiger partial charge is 0.241 e. The van der Waals surface area contributed by atoms with Crippen molar-refractivity contribution in [3.63, 3.8) is 0 Å². The molecular formula is C17H26N2O2. The van der Waals surface area contributed by atoms with Gasteiger partial charge in [-0.05, 0) is 63.6 Å². The summed E-state index contributed by atoms with van der Waals surface area (Å²) in [5.74, 6) is 0.790. The van der Waals surface area contributed by atoms with Crippen LogP contribution in [0.15, 0.2) is 18.2 Å². The van der Waals surface area contributed by atoms with Crippen molar-refractivity contribution in [3.05, 3.63) is 29.3 Å². The number of ether oxygens (including phenoxy) is 1. The van der Waals surface area contributed by atoms with E-state index in [1.165, 1.54) is 0 Å². The van der Waals surface area contributed by atoms with Crippen LogP contribution in [0.25, 0.3) is 0 Å². The van der Waals surface area contributed by atoms with E-state index in [-0.39, 0.29) is 24.5 Å². The molecule has 1 aromatic carbocycles. The lowest BCUT2D eigenvalue weighted by Gasteiger charge is -2.34. The van der Waals surface area contributed by atoms with E-state index in [1.54, 1.807) is 0 Å². The summed E-state index contributed by atoms with van der Waals surface area (Å²) in [4.78, 5) is 12.1. The number of amides is 1.